The van der Waals surface area contributed by atoms with Crippen molar-refractivity contribution in [3.63, 3.8) is 0 Å². The summed E-state index contributed by atoms with van der Waals surface area (Å²) in [4.78, 5) is 0. The molecule has 0 bridgehead atoms. The summed E-state index contributed by atoms with van der Waals surface area (Å²) in [6.45, 7) is 7.17. The molecule has 2 aromatic carbocycles. The number of halogens is 2. The van der Waals surface area contributed by atoms with E-state index in [0.717, 1.165) is 28.1 Å². The van der Waals surface area contributed by atoms with Gasteiger partial charge in [-0.2, -0.15) is 0 Å². The smallest absolute Gasteiger partial charge is 0.133 e. The SMILES string of the molecule is CC(C)(C)NCc1ccc(Br)cc1Oc1cccc(Cl)c1. The van der Waals surface area contributed by atoms with Gasteiger partial charge in [-0.15, -0.1) is 0 Å². The number of nitrogens with one attached hydrogen (secondary N) is 1. The third-order valence-corrected chi connectivity index (χ3v) is 3.59. The van der Waals surface area contributed by atoms with Gasteiger partial charge in [0.05, 0.1) is 0 Å². The fraction of sp³-hybridized carbons (Fsp3) is 0.294. The lowest BCUT2D eigenvalue weighted by Gasteiger charge is -2.21. The van der Waals surface area contributed by atoms with Gasteiger partial charge in [0.1, 0.15) is 11.5 Å². The molecule has 0 unspecified atom stereocenters. The molecule has 2 rings (SSSR count). The van der Waals surface area contributed by atoms with Crippen LogP contribution in [0.15, 0.2) is 46.9 Å². The van der Waals surface area contributed by atoms with Crippen LogP contribution in [0.5, 0.6) is 11.5 Å². The Kier molecular flexibility index (Phi) is 5.31. The van der Waals surface area contributed by atoms with Crippen LogP contribution in [0.3, 0.4) is 0 Å². The van der Waals surface area contributed by atoms with Crippen molar-refractivity contribution in [3.05, 3.63) is 57.5 Å². The zero-order valence-electron chi connectivity index (χ0n) is 12.4. The molecular formula is C17H19BrClNO. The monoisotopic (exact) mass is 367 g/mol. The van der Waals surface area contributed by atoms with Crippen molar-refractivity contribution >= 4 is 27.5 Å². The zero-order chi connectivity index (χ0) is 15.5. The van der Waals surface area contributed by atoms with Gasteiger partial charge < -0.3 is 10.1 Å². The average molecular weight is 369 g/mol. The second-order valence-electron chi connectivity index (χ2n) is 5.92. The summed E-state index contributed by atoms with van der Waals surface area (Å²) in [5, 5.41) is 4.14. The van der Waals surface area contributed by atoms with E-state index in [1.165, 1.54) is 0 Å². The lowest BCUT2D eigenvalue weighted by Crippen LogP contribution is -2.35. The lowest BCUT2D eigenvalue weighted by atomic mass is 10.1. The summed E-state index contributed by atoms with van der Waals surface area (Å²) in [5.41, 5.74) is 1.16. The predicted octanol–water partition coefficient (Wildman–Crippen LogP) is 5.78. The van der Waals surface area contributed by atoms with Crippen LogP contribution in [0, 0.1) is 0 Å². The van der Waals surface area contributed by atoms with Crippen LogP contribution in [0.1, 0.15) is 26.3 Å². The molecule has 2 aromatic rings. The molecule has 0 atom stereocenters. The molecule has 4 heteroatoms. The summed E-state index contributed by atoms with van der Waals surface area (Å²) in [6, 6.07) is 13.5. The molecule has 0 heterocycles. The van der Waals surface area contributed by atoms with Crippen LogP contribution in [-0.2, 0) is 6.54 Å². The second-order valence-corrected chi connectivity index (χ2v) is 7.27. The maximum atomic E-state index is 6.00. The van der Waals surface area contributed by atoms with E-state index in [2.05, 4.69) is 48.1 Å². The first-order valence-electron chi connectivity index (χ1n) is 6.80. The highest BCUT2D eigenvalue weighted by Crippen LogP contribution is 2.30. The van der Waals surface area contributed by atoms with E-state index in [4.69, 9.17) is 16.3 Å². The van der Waals surface area contributed by atoms with Gasteiger partial charge in [0.25, 0.3) is 0 Å². The number of rotatable bonds is 4. The van der Waals surface area contributed by atoms with E-state index < -0.39 is 0 Å². The second kappa shape index (κ2) is 6.82. The molecule has 0 aromatic heterocycles. The van der Waals surface area contributed by atoms with E-state index in [1.54, 1.807) is 0 Å². The fourth-order valence-corrected chi connectivity index (χ4v) is 2.31. The van der Waals surface area contributed by atoms with Crippen LogP contribution < -0.4 is 10.1 Å². The van der Waals surface area contributed by atoms with E-state index in [9.17, 15) is 0 Å². The van der Waals surface area contributed by atoms with Crippen molar-refractivity contribution in [2.45, 2.75) is 32.9 Å². The molecule has 0 saturated heterocycles. The maximum Gasteiger partial charge on any atom is 0.133 e. The van der Waals surface area contributed by atoms with Crippen LogP contribution in [0.25, 0.3) is 0 Å². The first kappa shape index (κ1) is 16.3. The highest BCUT2D eigenvalue weighted by atomic mass is 79.9. The van der Waals surface area contributed by atoms with Crippen molar-refractivity contribution in [2.75, 3.05) is 0 Å². The van der Waals surface area contributed by atoms with Gasteiger partial charge in [-0.25, -0.2) is 0 Å². The van der Waals surface area contributed by atoms with Gasteiger partial charge in [0.2, 0.25) is 0 Å². The van der Waals surface area contributed by atoms with Gasteiger partial charge in [0.15, 0.2) is 0 Å². The van der Waals surface area contributed by atoms with Gasteiger partial charge in [-0.1, -0.05) is 39.7 Å². The molecule has 0 radical (unpaired) electrons. The van der Waals surface area contributed by atoms with E-state index >= 15 is 0 Å². The number of ether oxygens (including phenoxy) is 1. The molecule has 21 heavy (non-hydrogen) atoms. The average Bonchev–Trinajstić information content (AvgIpc) is 2.36. The van der Waals surface area contributed by atoms with E-state index in [0.29, 0.717) is 5.02 Å². The van der Waals surface area contributed by atoms with Gasteiger partial charge in [-0.3, -0.25) is 0 Å². The molecule has 0 aliphatic heterocycles. The number of hydrogen-bond donors (Lipinski definition) is 1. The molecule has 0 amide bonds. The first-order chi connectivity index (χ1) is 9.83. The standard InChI is InChI=1S/C17H19BrClNO/c1-17(2,3)20-11-12-7-8-13(18)9-16(12)21-15-6-4-5-14(19)10-15/h4-10,20H,11H2,1-3H3. The summed E-state index contributed by atoms with van der Waals surface area (Å²) in [5.74, 6) is 1.56. The normalized spacial score (nSPS) is 11.5. The van der Waals surface area contributed by atoms with Crippen molar-refractivity contribution in [1.29, 1.82) is 0 Å². The van der Waals surface area contributed by atoms with Gasteiger partial charge >= 0.3 is 0 Å². The Bertz CT molecular complexity index is 622. The van der Waals surface area contributed by atoms with E-state index in [1.807, 2.05) is 36.4 Å². The van der Waals surface area contributed by atoms with Gasteiger partial charge in [0, 0.05) is 27.1 Å². The molecular weight excluding hydrogens is 350 g/mol. The quantitative estimate of drug-likeness (QED) is 0.738. The highest BCUT2D eigenvalue weighted by molar-refractivity contribution is 9.10. The van der Waals surface area contributed by atoms with Crippen molar-refractivity contribution in [3.8, 4) is 11.5 Å². The Morgan fingerprint density at radius 2 is 1.90 bits per heavy atom. The number of hydrogen-bond acceptors (Lipinski definition) is 2. The molecule has 112 valence electrons. The third kappa shape index (κ3) is 5.34. The van der Waals surface area contributed by atoms with Crippen molar-refractivity contribution < 1.29 is 4.74 Å². The molecule has 0 aliphatic carbocycles. The minimum Gasteiger partial charge on any atom is -0.457 e. The zero-order valence-corrected chi connectivity index (χ0v) is 14.8. The molecule has 2 nitrogen and oxygen atoms in total. The van der Waals surface area contributed by atoms with Crippen molar-refractivity contribution in [2.24, 2.45) is 0 Å². The minimum absolute atomic E-state index is 0.0560. The highest BCUT2D eigenvalue weighted by Gasteiger charge is 2.12. The van der Waals surface area contributed by atoms with Crippen LogP contribution in [0.2, 0.25) is 5.02 Å². The summed E-state index contributed by atoms with van der Waals surface area (Å²) in [6.07, 6.45) is 0. The molecule has 0 saturated carbocycles. The molecule has 0 spiro atoms. The van der Waals surface area contributed by atoms with E-state index in [-0.39, 0.29) is 5.54 Å². The Labute approximate surface area is 139 Å². The van der Waals surface area contributed by atoms with Crippen LogP contribution in [-0.4, -0.2) is 5.54 Å². The Hall–Kier alpha value is -1.03. The topological polar surface area (TPSA) is 21.3 Å². The fourth-order valence-electron chi connectivity index (χ4n) is 1.79. The Balaban J connectivity index is 2.23. The minimum atomic E-state index is 0.0560. The van der Waals surface area contributed by atoms with Crippen LogP contribution in [0.4, 0.5) is 0 Å². The molecule has 0 aliphatic rings. The van der Waals surface area contributed by atoms with Crippen LogP contribution >= 0.6 is 27.5 Å². The Morgan fingerprint density at radius 1 is 1.14 bits per heavy atom. The lowest BCUT2D eigenvalue weighted by molar-refractivity contribution is 0.414. The molecule has 1 N–H and O–H groups in total. The summed E-state index contributed by atoms with van der Waals surface area (Å²) in [7, 11) is 0. The largest absolute Gasteiger partial charge is 0.457 e. The van der Waals surface area contributed by atoms with Gasteiger partial charge in [-0.05, 0) is 51.1 Å². The first-order valence-corrected chi connectivity index (χ1v) is 7.97. The third-order valence-electron chi connectivity index (χ3n) is 2.86. The maximum absolute atomic E-state index is 6.00. The summed E-state index contributed by atoms with van der Waals surface area (Å²) < 4.78 is 6.97. The Morgan fingerprint density at radius 3 is 2.57 bits per heavy atom. The molecule has 0 fully saturated rings. The van der Waals surface area contributed by atoms with Crippen molar-refractivity contribution in [1.82, 2.24) is 5.32 Å². The predicted molar refractivity (Wildman–Crippen MR) is 92.3 cm³/mol. The summed E-state index contributed by atoms with van der Waals surface area (Å²) >= 11 is 9.49. The number of benzene rings is 2.